The van der Waals surface area contributed by atoms with Gasteiger partial charge in [-0.25, -0.2) is 4.79 Å². The van der Waals surface area contributed by atoms with Gasteiger partial charge in [0.2, 0.25) is 0 Å². The highest BCUT2D eigenvalue weighted by Gasteiger charge is 2.38. The Labute approximate surface area is 129 Å². The summed E-state index contributed by atoms with van der Waals surface area (Å²) in [5, 5.41) is 0. The summed E-state index contributed by atoms with van der Waals surface area (Å²) in [7, 11) is 2.07. The lowest BCUT2D eigenvalue weighted by Gasteiger charge is -2.32. The second kappa shape index (κ2) is 8.02. The number of carbonyl (C=O) groups is 1. The summed E-state index contributed by atoms with van der Waals surface area (Å²) < 4.78 is 10.7. The van der Waals surface area contributed by atoms with E-state index in [1.807, 2.05) is 0 Å². The summed E-state index contributed by atoms with van der Waals surface area (Å²) in [5.74, 6) is 2.34. The highest BCUT2D eigenvalue weighted by atomic mass is 16.7. The molecule has 0 spiro atoms. The molecule has 0 radical (unpaired) electrons. The largest absolute Gasteiger partial charge is 0.508 e. The average Bonchev–Trinajstić information content (AvgIpc) is 3.27. The molecule has 4 heteroatoms. The van der Waals surface area contributed by atoms with Crippen molar-refractivity contribution in [2.24, 2.45) is 17.8 Å². The van der Waals surface area contributed by atoms with Gasteiger partial charge in [-0.05, 0) is 69.9 Å². The molecule has 0 saturated heterocycles. The maximum Gasteiger partial charge on any atom is 0.508 e. The van der Waals surface area contributed by atoms with Crippen LogP contribution in [0.25, 0.3) is 0 Å². The lowest BCUT2D eigenvalue weighted by atomic mass is 9.78. The second-order valence-corrected chi connectivity index (χ2v) is 7.00. The summed E-state index contributed by atoms with van der Waals surface area (Å²) in [4.78, 5) is 14.0. The lowest BCUT2D eigenvalue weighted by molar-refractivity contribution is -0.00930. The fourth-order valence-electron chi connectivity index (χ4n) is 3.46. The Balaban J connectivity index is 1.62. The molecular weight excluding hydrogens is 266 g/mol. The summed E-state index contributed by atoms with van der Waals surface area (Å²) in [6.07, 6.45) is 6.57. The van der Waals surface area contributed by atoms with Gasteiger partial charge in [-0.3, -0.25) is 0 Å². The van der Waals surface area contributed by atoms with Crippen LogP contribution in [0.1, 0.15) is 52.4 Å². The van der Waals surface area contributed by atoms with Crippen molar-refractivity contribution in [2.45, 2.75) is 58.5 Å². The first-order valence-electron chi connectivity index (χ1n) is 8.60. The summed E-state index contributed by atoms with van der Waals surface area (Å²) in [5.41, 5.74) is 0. The van der Waals surface area contributed by atoms with E-state index in [9.17, 15) is 4.79 Å². The Morgan fingerprint density at radius 2 is 1.95 bits per heavy atom. The molecule has 0 heterocycles. The zero-order valence-electron chi connectivity index (χ0n) is 13.8. The van der Waals surface area contributed by atoms with E-state index in [-0.39, 0.29) is 6.10 Å². The Morgan fingerprint density at radius 1 is 1.19 bits per heavy atom. The highest BCUT2D eigenvalue weighted by molar-refractivity contribution is 5.60. The van der Waals surface area contributed by atoms with Crippen molar-refractivity contribution in [1.82, 2.24) is 4.90 Å². The molecule has 0 aromatic carbocycles. The van der Waals surface area contributed by atoms with Gasteiger partial charge in [0.15, 0.2) is 0 Å². The molecule has 3 unspecified atom stereocenters. The Bertz CT molecular complexity index is 330. The zero-order chi connectivity index (χ0) is 15.2. The molecule has 0 aliphatic heterocycles. The van der Waals surface area contributed by atoms with E-state index in [0.29, 0.717) is 12.5 Å². The topological polar surface area (TPSA) is 38.8 Å². The van der Waals surface area contributed by atoms with Crippen molar-refractivity contribution >= 4 is 6.16 Å². The number of nitrogens with zero attached hydrogens (tertiary/aromatic N) is 1. The van der Waals surface area contributed by atoms with E-state index in [4.69, 9.17) is 9.47 Å². The van der Waals surface area contributed by atoms with E-state index in [0.717, 1.165) is 44.2 Å². The van der Waals surface area contributed by atoms with Crippen LogP contribution in [0.5, 0.6) is 0 Å². The summed E-state index contributed by atoms with van der Waals surface area (Å²) in [6.45, 7) is 6.82. The van der Waals surface area contributed by atoms with Gasteiger partial charge in [-0.2, -0.15) is 0 Å². The van der Waals surface area contributed by atoms with Gasteiger partial charge in [-0.1, -0.05) is 13.8 Å². The van der Waals surface area contributed by atoms with E-state index >= 15 is 0 Å². The Morgan fingerprint density at radius 3 is 2.62 bits per heavy atom. The second-order valence-electron chi connectivity index (χ2n) is 7.00. The predicted octanol–water partition coefficient (Wildman–Crippen LogP) is 3.70. The Kier molecular flexibility index (Phi) is 6.34. The van der Waals surface area contributed by atoms with Crippen LogP contribution >= 0.6 is 0 Å². The molecule has 2 saturated carbocycles. The molecule has 2 aliphatic rings. The SMILES string of the molecule is CCN(C)CCCOC(=O)OC1CC(C)CC(C2CC2)C1. The molecule has 3 atom stereocenters. The van der Waals surface area contributed by atoms with Crippen molar-refractivity contribution in [2.75, 3.05) is 26.7 Å². The van der Waals surface area contributed by atoms with E-state index in [1.54, 1.807) is 0 Å². The smallest absolute Gasteiger partial charge is 0.434 e. The summed E-state index contributed by atoms with van der Waals surface area (Å²) >= 11 is 0. The van der Waals surface area contributed by atoms with Crippen LogP contribution in [-0.2, 0) is 9.47 Å². The molecule has 2 rings (SSSR count). The standard InChI is InChI=1S/C17H31NO3/c1-4-18(3)8-5-9-20-17(19)21-16-11-13(2)10-15(12-16)14-6-7-14/h13-16H,4-12H2,1-3H3. The van der Waals surface area contributed by atoms with Gasteiger partial charge in [0.1, 0.15) is 6.10 Å². The number of hydrogen-bond donors (Lipinski definition) is 0. The van der Waals surface area contributed by atoms with E-state index in [2.05, 4.69) is 25.8 Å². The first-order valence-corrected chi connectivity index (χ1v) is 8.60. The van der Waals surface area contributed by atoms with Crippen LogP contribution in [0.15, 0.2) is 0 Å². The lowest BCUT2D eigenvalue weighted by Crippen LogP contribution is -2.30. The van der Waals surface area contributed by atoms with E-state index in [1.165, 1.54) is 19.3 Å². The number of ether oxygens (including phenoxy) is 2. The number of rotatable bonds is 7. The molecule has 2 fully saturated rings. The molecule has 0 aromatic rings. The van der Waals surface area contributed by atoms with Crippen molar-refractivity contribution in [3.05, 3.63) is 0 Å². The van der Waals surface area contributed by atoms with Crippen LogP contribution < -0.4 is 0 Å². The number of hydrogen-bond acceptors (Lipinski definition) is 4. The van der Waals surface area contributed by atoms with E-state index < -0.39 is 6.16 Å². The average molecular weight is 297 g/mol. The normalized spacial score (nSPS) is 29.4. The molecule has 0 amide bonds. The van der Waals surface area contributed by atoms with Crippen LogP contribution in [0.3, 0.4) is 0 Å². The van der Waals surface area contributed by atoms with Gasteiger partial charge in [0.05, 0.1) is 6.61 Å². The predicted molar refractivity (Wildman–Crippen MR) is 83.2 cm³/mol. The molecule has 4 nitrogen and oxygen atoms in total. The molecular formula is C17H31NO3. The minimum atomic E-state index is -0.470. The van der Waals surface area contributed by atoms with Crippen molar-refractivity contribution in [3.63, 3.8) is 0 Å². The van der Waals surface area contributed by atoms with Gasteiger partial charge in [0, 0.05) is 6.54 Å². The summed E-state index contributed by atoms with van der Waals surface area (Å²) in [6, 6.07) is 0. The quantitative estimate of drug-likeness (QED) is 0.530. The maximum atomic E-state index is 11.8. The molecule has 21 heavy (non-hydrogen) atoms. The van der Waals surface area contributed by atoms with Gasteiger partial charge in [0.25, 0.3) is 0 Å². The first kappa shape index (κ1) is 16.6. The highest BCUT2D eigenvalue weighted by Crippen LogP contribution is 2.45. The van der Waals surface area contributed by atoms with Crippen molar-refractivity contribution in [1.29, 1.82) is 0 Å². The minimum Gasteiger partial charge on any atom is -0.434 e. The monoisotopic (exact) mass is 297 g/mol. The fourth-order valence-corrected chi connectivity index (χ4v) is 3.46. The third kappa shape index (κ3) is 5.85. The molecule has 122 valence electrons. The molecule has 0 N–H and O–H groups in total. The van der Waals surface area contributed by atoms with Crippen molar-refractivity contribution < 1.29 is 14.3 Å². The Hall–Kier alpha value is -0.770. The van der Waals surface area contributed by atoms with Crippen LogP contribution in [0.4, 0.5) is 4.79 Å². The number of carbonyl (C=O) groups excluding carboxylic acids is 1. The molecule has 0 aromatic heterocycles. The zero-order valence-corrected chi connectivity index (χ0v) is 13.8. The fraction of sp³-hybridized carbons (Fsp3) is 0.941. The van der Waals surface area contributed by atoms with Crippen LogP contribution in [0.2, 0.25) is 0 Å². The molecule has 0 bridgehead atoms. The van der Waals surface area contributed by atoms with Crippen LogP contribution in [0, 0.1) is 17.8 Å². The van der Waals surface area contributed by atoms with Crippen molar-refractivity contribution in [3.8, 4) is 0 Å². The van der Waals surface area contributed by atoms with Gasteiger partial charge < -0.3 is 14.4 Å². The molecule has 2 aliphatic carbocycles. The first-order chi connectivity index (χ1) is 10.1. The van der Waals surface area contributed by atoms with Gasteiger partial charge in [-0.15, -0.1) is 0 Å². The maximum absolute atomic E-state index is 11.8. The van der Waals surface area contributed by atoms with Crippen LogP contribution in [-0.4, -0.2) is 43.9 Å². The minimum absolute atomic E-state index is 0.0742. The third-order valence-electron chi connectivity index (χ3n) is 4.93. The third-order valence-corrected chi connectivity index (χ3v) is 4.93. The van der Waals surface area contributed by atoms with Gasteiger partial charge >= 0.3 is 6.16 Å².